The minimum absolute atomic E-state index is 0.0395. The summed E-state index contributed by atoms with van der Waals surface area (Å²) in [5.74, 6) is 0. The number of rotatable bonds is 7. The SMILES string of the molecule is Cc1cccc(NS(=O)(=O)c2ccc(NS(=O)(=O)c3ccc([N+](=O)[O-])cc3)cc2)c1. The second kappa shape index (κ2) is 8.13. The van der Waals surface area contributed by atoms with E-state index in [1.807, 2.05) is 13.0 Å². The molecule has 0 radical (unpaired) electrons. The number of sulfonamides is 2. The van der Waals surface area contributed by atoms with Crippen LogP contribution in [0.4, 0.5) is 17.1 Å². The summed E-state index contributed by atoms with van der Waals surface area (Å²) in [4.78, 5) is 9.85. The van der Waals surface area contributed by atoms with E-state index in [0.29, 0.717) is 5.69 Å². The molecule has 156 valence electrons. The van der Waals surface area contributed by atoms with Crippen LogP contribution in [0.2, 0.25) is 0 Å². The number of hydrogen-bond donors (Lipinski definition) is 2. The number of anilines is 2. The topological polar surface area (TPSA) is 135 Å². The highest BCUT2D eigenvalue weighted by molar-refractivity contribution is 7.93. The van der Waals surface area contributed by atoms with Gasteiger partial charge in [0, 0.05) is 23.5 Å². The summed E-state index contributed by atoms with van der Waals surface area (Å²) in [5.41, 5.74) is 1.22. The van der Waals surface area contributed by atoms with E-state index in [2.05, 4.69) is 9.44 Å². The summed E-state index contributed by atoms with van der Waals surface area (Å²) in [5, 5.41) is 10.7. The smallest absolute Gasteiger partial charge is 0.269 e. The third-order valence-corrected chi connectivity index (χ3v) is 6.84. The van der Waals surface area contributed by atoms with Crippen molar-refractivity contribution in [1.29, 1.82) is 0 Å². The molecule has 0 aliphatic carbocycles. The summed E-state index contributed by atoms with van der Waals surface area (Å²) in [6.07, 6.45) is 0. The number of benzene rings is 3. The molecular formula is C19H17N3O6S2. The second-order valence-corrected chi connectivity index (χ2v) is 9.72. The first-order chi connectivity index (χ1) is 14.1. The summed E-state index contributed by atoms with van der Waals surface area (Å²) in [6.45, 7) is 1.84. The average molecular weight is 447 g/mol. The van der Waals surface area contributed by atoms with Crippen molar-refractivity contribution in [3.05, 3.63) is 88.5 Å². The first-order valence-corrected chi connectivity index (χ1v) is 11.5. The van der Waals surface area contributed by atoms with Crippen LogP contribution in [0.25, 0.3) is 0 Å². The number of aryl methyl sites for hydroxylation is 1. The van der Waals surface area contributed by atoms with Crippen molar-refractivity contribution in [3.63, 3.8) is 0 Å². The number of nitrogens with zero attached hydrogens (tertiary/aromatic N) is 1. The van der Waals surface area contributed by atoms with Crippen molar-refractivity contribution in [2.45, 2.75) is 16.7 Å². The van der Waals surface area contributed by atoms with E-state index >= 15 is 0 Å². The molecule has 0 aliphatic heterocycles. The lowest BCUT2D eigenvalue weighted by Crippen LogP contribution is -2.14. The summed E-state index contributed by atoms with van der Waals surface area (Å²) < 4.78 is 54.6. The van der Waals surface area contributed by atoms with Crippen molar-refractivity contribution in [2.24, 2.45) is 0 Å². The molecule has 0 bridgehead atoms. The highest BCUT2D eigenvalue weighted by Gasteiger charge is 2.18. The Morgan fingerprint density at radius 2 is 1.23 bits per heavy atom. The van der Waals surface area contributed by atoms with Gasteiger partial charge in [0.05, 0.1) is 14.7 Å². The molecule has 0 atom stereocenters. The van der Waals surface area contributed by atoms with Crippen molar-refractivity contribution < 1.29 is 21.8 Å². The predicted molar refractivity (Wildman–Crippen MR) is 112 cm³/mol. The lowest BCUT2D eigenvalue weighted by atomic mass is 10.2. The van der Waals surface area contributed by atoms with Gasteiger partial charge in [0.15, 0.2) is 0 Å². The lowest BCUT2D eigenvalue weighted by Gasteiger charge is -2.11. The van der Waals surface area contributed by atoms with E-state index in [-0.39, 0.29) is 21.2 Å². The number of nitro groups is 1. The first kappa shape index (κ1) is 21.3. The average Bonchev–Trinajstić information content (AvgIpc) is 2.68. The van der Waals surface area contributed by atoms with Gasteiger partial charge >= 0.3 is 0 Å². The van der Waals surface area contributed by atoms with Gasteiger partial charge in [-0.15, -0.1) is 0 Å². The highest BCUT2D eigenvalue weighted by Crippen LogP contribution is 2.22. The molecule has 3 aromatic carbocycles. The Morgan fingerprint density at radius 1 is 0.733 bits per heavy atom. The zero-order valence-corrected chi connectivity index (χ0v) is 17.3. The first-order valence-electron chi connectivity index (χ1n) is 8.54. The van der Waals surface area contributed by atoms with Crippen molar-refractivity contribution >= 4 is 37.1 Å². The van der Waals surface area contributed by atoms with Gasteiger partial charge in [-0.05, 0) is 61.0 Å². The number of nitro benzene ring substituents is 1. The van der Waals surface area contributed by atoms with Crippen LogP contribution in [0.3, 0.4) is 0 Å². The van der Waals surface area contributed by atoms with Gasteiger partial charge in [-0.1, -0.05) is 12.1 Å². The molecule has 0 fully saturated rings. The molecule has 30 heavy (non-hydrogen) atoms. The summed E-state index contributed by atoms with van der Waals surface area (Å²) >= 11 is 0. The molecule has 9 nitrogen and oxygen atoms in total. The monoisotopic (exact) mass is 447 g/mol. The molecule has 11 heteroatoms. The molecule has 0 aliphatic rings. The Bertz CT molecular complexity index is 1290. The zero-order valence-electron chi connectivity index (χ0n) is 15.6. The van der Waals surface area contributed by atoms with Gasteiger partial charge in [-0.2, -0.15) is 0 Å². The minimum atomic E-state index is -4.00. The Hall–Kier alpha value is -3.44. The van der Waals surface area contributed by atoms with E-state index in [1.165, 1.54) is 24.3 Å². The maximum absolute atomic E-state index is 12.5. The largest absolute Gasteiger partial charge is 0.280 e. The number of hydrogen-bond acceptors (Lipinski definition) is 6. The Morgan fingerprint density at radius 3 is 1.73 bits per heavy atom. The summed E-state index contributed by atoms with van der Waals surface area (Å²) in [7, 11) is -7.84. The molecule has 0 aromatic heterocycles. The highest BCUT2D eigenvalue weighted by atomic mass is 32.2. The molecule has 2 N–H and O–H groups in total. The maximum Gasteiger partial charge on any atom is 0.269 e. The van der Waals surface area contributed by atoms with Crippen molar-refractivity contribution in [2.75, 3.05) is 9.44 Å². The summed E-state index contributed by atoms with van der Waals surface area (Å²) in [6, 6.07) is 16.4. The zero-order chi connectivity index (χ0) is 21.9. The Labute approximate surface area is 173 Å². The normalized spacial score (nSPS) is 11.6. The molecule has 3 rings (SSSR count). The van der Waals surface area contributed by atoms with Crippen molar-refractivity contribution in [3.8, 4) is 0 Å². The van der Waals surface area contributed by atoms with Crippen molar-refractivity contribution in [1.82, 2.24) is 0 Å². The third-order valence-electron chi connectivity index (χ3n) is 4.04. The van der Waals surface area contributed by atoms with E-state index in [0.717, 1.165) is 29.8 Å². The van der Waals surface area contributed by atoms with Gasteiger partial charge in [0.2, 0.25) is 0 Å². The fourth-order valence-corrected chi connectivity index (χ4v) is 4.69. The van der Waals surface area contributed by atoms with Gasteiger partial charge in [-0.3, -0.25) is 19.6 Å². The van der Waals surface area contributed by atoms with Gasteiger partial charge < -0.3 is 0 Å². The molecule has 0 saturated carbocycles. The second-order valence-electron chi connectivity index (χ2n) is 6.36. The van der Waals surface area contributed by atoms with Crippen LogP contribution in [0.5, 0.6) is 0 Å². The van der Waals surface area contributed by atoms with Gasteiger partial charge in [0.1, 0.15) is 0 Å². The molecule has 0 unspecified atom stereocenters. The standard InChI is InChI=1S/C19H17N3O6S2/c1-14-3-2-4-16(13-14)21-30(27,28)18-9-5-15(6-10-18)20-29(25,26)19-11-7-17(8-12-19)22(23)24/h2-13,20-21H,1H3. The fraction of sp³-hybridized carbons (Fsp3) is 0.0526. The van der Waals surface area contributed by atoms with Gasteiger partial charge in [0.25, 0.3) is 25.7 Å². The van der Waals surface area contributed by atoms with E-state index in [4.69, 9.17) is 0 Å². The van der Waals surface area contributed by atoms with E-state index < -0.39 is 25.0 Å². The maximum atomic E-state index is 12.5. The molecule has 0 amide bonds. The quantitative estimate of drug-likeness (QED) is 0.420. The van der Waals surface area contributed by atoms with E-state index in [9.17, 15) is 26.9 Å². The predicted octanol–water partition coefficient (Wildman–Crippen LogP) is 3.50. The van der Waals surface area contributed by atoms with Crippen LogP contribution in [0, 0.1) is 17.0 Å². The molecule has 0 heterocycles. The molecule has 0 spiro atoms. The van der Waals surface area contributed by atoms with Crippen LogP contribution >= 0.6 is 0 Å². The van der Waals surface area contributed by atoms with E-state index in [1.54, 1.807) is 18.2 Å². The Balaban J connectivity index is 1.77. The Kier molecular flexibility index (Phi) is 5.76. The van der Waals surface area contributed by atoms with Crippen LogP contribution in [-0.2, 0) is 20.0 Å². The van der Waals surface area contributed by atoms with Crippen LogP contribution in [0.1, 0.15) is 5.56 Å². The van der Waals surface area contributed by atoms with Crippen LogP contribution in [0.15, 0.2) is 82.6 Å². The molecule has 3 aromatic rings. The molecule has 0 saturated heterocycles. The number of nitrogens with one attached hydrogen (secondary N) is 2. The van der Waals surface area contributed by atoms with Crippen LogP contribution in [-0.4, -0.2) is 21.8 Å². The third kappa shape index (κ3) is 4.93. The molecular weight excluding hydrogens is 430 g/mol. The minimum Gasteiger partial charge on any atom is -0.280 e. The lowest BCUT2D eigenvalue weighted by molar-refractivity contribution is -0.384. The van der Waals surface area contributed by atoms with Crippen LogP contribution < -0.4 is 9.44 Å². The number of non-ortho nitro benzene ring substituents is 1. The van der Waals surface area contributed by atoms with Gasteiger partial charge in [-0.25, -0.2) is 16.8 Å². The fourth-order valence-electron chi connectivity index (χ4n) is 2.59.